The van der Waals surface area contributed by atoms with Gasteiger partial charge in [0.15, 0.2) is 0 Å². The van der Waals surface area contributed by atoms with Gasteiger partial charge >= 0.3 is 0 Å². The van der Waals surface area contributed by atoms with Crippen LogP contribution < -0.4 is 10.9 Å². The van der Waals surface area contributed by atoms with Crippen molar-refractivity contribution >= 4 is 52.7 Å². The van der Waals surface area contributed by atoms with Crippen LogP contribution in [-0.2, 0) is 16.1 Å². The van der Waals surface area contributed by atoms with Crippen LogP contribution in [0.1, 0.15) is 32.3 Å². The maximum Gasteiger partial charge on any atom is 0.287 e. The van der Waals surface area contributed by atoms with Crippen LogP contribution >= 0.6 is 35.1 Å². The largest absolute Gasteiger partial charge is 0.343 e. The highest BCUT2D eigenvalue weighted by atomic mass is 35.5. The molecule has 1 aliphatic heterocycles. The van der Waals surface area contributed by atoms with Crippen LogP contribution in [0.2, 0.25) is 10.0 Å². The molecule has 2 amide bonds. The molecule has 1 saturated heterocycles. The zero-order valence-corrected chi connectivity index (χ0v) is 21.8. The predicted molar refractivity (Wildman–Crippen MR) is 136 cm³/mol. The summed E-state index contributed by atoms with van der Waals surface area (Å²) in [5, 5.41) is 6.54. The molecule has 1 N–H and O–H groups in total. The summed E-state index contributed by atoms with van der Waals surface area (Å²) in [4.78, 5) is 40.3. The number of amides is 2. The second-order valence-corrected chi connectivity index (χ2v) is 10.1. The number of rotatable bonds is 8. The van der Waals surface area contributed by atoms with Gasteiger partial charge in [0.05, 0.1) is 17.1 Å². The lowest BCUT2D eigenvalue weighted by molar-refractivity contribution is -0.136. The van der Waals surface area contributed by atoms with Crippen LogP contribution in [0, 0.1) is 12.8 Å². The second-order valence-electron chi connectivity index (χ2n) is 8.13. The molecule has 0 spiro atoms. The Bertz CT molecular complexity index is 1110. The molecule has 1 atom stereocenters. The molecule has 1 unspecified atom stereocenters. The Kier molecular flexibility index (Phi) is 9.41. The molecular formula is C23H29Cl2N5O3S. The third-order valence-corrected chi connectivity index (χ3v) is 7.72. The van der Waals surface area contributed by atoms with Crippen molar-refractivity contribution in [3.8, 4) is 0 Å². The fraction of sp³-hybridized carbons (Fsp3) is 0.478. The fourth-order valence-electron chi connectivity index (χ4n) is 3.83. The Morgan fingerprint density at radius 2 is 2.00 bits per heavy atom. The number of carbonyl (C=O) groups excluding carboxylic acids is 2. The zero-order chi connectivity index (χ0) is 24.8. The van der Waals surface area contributed by atoms with Crippen molar-refractivity contribution in [3.63, 3.8) is 0 Å². The first kappa shape index (κ1) is 26.5. The summed E-state index contributed by atoms with van der Waals surface area (Å²) in [6.45, 7) is 8.79. The first-order valence-electron chi connectivity index (χ1n) is 11.3. The lowest BCUT2D eigenvalue weighted by Crippen LogP contribution is -2.42. The van der Waals surface area contributed by atoms with Crippen molar-refractivity contribution < 1.29 is 9.59 Å². The number of piperidine rings is 1. The van der Waals surface area contributed by atoms with E-state index in [1.54, 1.807) is 11.9 Å². The van der Waals surface area contributed by atoms with Gasteiger partial charge in [-0.2, -0.15) is 5.10 Å². The molecule has 2 aromatic rings. The SMILES string of the molecule is CCN(CC)C(=O)C1CCCN(Sc2cc(NC(=O)Cn3ncc(Cl)c(Cl)c3=O)ccc2C)C1. The molecule has 34 heavy (non-hydrogen) atoms. The van der Waals surface area contributed by atoms with E-state index in [0.717, 1.165) is 47.6 Å². The molecule has 11 heteroatoms. The number of halogens is 2. The number of aryl methyl sites for hydroxylation is 1. The Morgan fingerprint density at radius 1 is 1.26 bits per heavy atom. The van der Waals surface area contributed by atoms with Crippen molar-refractivity contribution in [2.75, 3.05) is 31.5 Å². The van der Waals surface area contributed by atoms with Gasteiger partial charge in [-0.3, -0.25) is 14.4 Å². The molecule has 0 aliphatic carbocycles. The third kappa shape index (κ3) is 6.53. The minimum absolute atomic E-state index is 0.00125. The van der Waals surface area contributed by atoms with Crippen molar-refractivity contribution in [2.45, 2.75) is 45.1 Å². The predicted octanol–water partition coefficient (Wildman–Crippen LogP) is 4.08. The summed E-state index contributed by atoms with van der Waals surface area (Å²) < 4.78 is 3.19. The molecule has 1 fully saturated rings. The normalized spacial score (nSPS) is 16.3. The topological polar surface area (TPSA) is 87.5 Å². The maximum absolute atomic E-state index is 12.8. The Balaban J connectivity index is 1.66. The molecule has 1 aliphatic rings. The van der Waals surface area contributed by atoms with Gasteiger partial charge in [0, 0.05) is 36.8 Å². The highest BCUT2D eigenvalue weighted by Gasteiger charge is 2.29. The van der Waals surface area contributed by atoms with Crippen molar-refractivity contribution in [1.82, 2.24) is 19.0 Å². The number of carbonyl (C=O) groups is 2. The van der Waals surface area contributed by atoms with E-state index < -0.39 is 11.5 Å². The average Bonchev–Trinajstić information content (AvgIpc) is 2.82. The first-order valence-corrected chi connectivity index (χ1v) is 12.8. The molecule has 2 heterocycles. The van der Waals surface area contributed by atoms with Gasteiger partial charge in [-0.05, 0) is 63.3 Å². The van der Waals surface area contributed by atoms with Gasteiger partial charge in [-0.15, -0.1) is 0 Å². The van der Waals surface area contributed by atoms with E-state index in [4.69, 9.17) is 23.2 Å². The summed E-state index contributed by atoms with van der Waals surface area (Å²) in [6.07, 6.45) is 3.10. The molecule has 8 nitrogen and oxygen atoms in total. The van der Waals surface area contributed by atoms with Crippen molar-refractivity contribution in [3.05, 3.63) is 50.4 Å². The van der Waals surface area contributed by atoms with Crippen LogP contribution in [0.3, 0.4) is 0 Å². The van der Waals surface area contributed by atoms with Crippen LogP contribution in [0.4, 0.5) is 5.69 Å². The van der Waals surface area contributed by atoms with Crippen molar-refractivity contribution in [1.29, 1.82) is 0 Å². The van der Waals surface area contributed by atoms with Crippen LogP contribution in [0.5, 0.6) is 0 Å². The Hall–Kier alpha value is -2.07. The van der Waals surface area contributed by atoms with Gasteiger partial charge in [0.2, 0.25) is 11.8 Å². The number of hydrogen-bond acceptors (Lipinski definition) is 6. The maximum atomic E-state index is 12.8. The highest BCUT2D eigenvalue weighted by molar-refractivity contribution is 7.97. The van der Waals surface area contributed by atoms with E-state index >= 15 is 0 Å². The third-order valence-electron chi connectivity index (χ3n) is 5.74. The molecule has 3 rings (SSSR count). The number of nitrogens with one attached hydrogen (secondary N) is 1. The van der Waals surface area contributed by atoms with Gasteiger partial charge in [-0.25, -0.2) is 8.99 Å². The summed E-state index contributed by atoms with van der Waals surface area (Å²) >= 11 is 13.2. The number of benzene rings is 1. The highest BCUT2D eigenvalue weighted by Crippen LogP contribution is 2.32. The molecule has 1 aromatic heterocycles. The van der Waals surface area contributed by atoms with Crippen molar-refractivity contribution in [2.24, 2.45) is 5.92 Å². The van der Waals surface area contributed by atoms with E-state index in [-0.39, 0.29) is 28.4 Å². The molecule has 184 valence electrons. The monoisotopic (exact) mass is 525 g/mol. The van der Waals surface area contributed by atoms with Gasteiger partial charge in [0.25, 0.3) is 5.56 Å². The van der Waals surface area contributed by atoms with E-state index in [0.29, 0.717) is 12.2 Å². The summed E-state index contributed by atoms with van der Waals surface area (Å²) in [6, 6.07) is 5.65. The zero-order valence-electron chi connectivity index (χ0n) is 19.5. The minimum atomic E-state index is -0.622. The molecule has 1 aromatic carbocycles. The standard InChI is InChI=1S/C23H29Cl2N5O3S/c1-4-28(5-2)22(32)16-7-6-10-29(13-16)34-19-11-17(9-8-15(19)3)27-20(31)14-30-23(33)21(25)18(24)12-26-30/h8-9,11-12,16H,4-7,10,13-14H2,1-3H3,(H,27,31). The smallest absolute Gasteiger partial charge is 0.287 e. The Labute approximate surface area is 213 Å². The van der Waals surface area contributed by atoms with Crippen LogP contribution in [0.25, 0.3) is 0 Å². The second kappa shape index (κ2) is 12.1. The van der Waals surface area contributed by atoms with E-state index in [2.05, 4.69) is 14.7 Å². The number of nitrogens with zero attached hydrogens (tertiary/aromatic N) is 4. The lowest BCUT2D eigenvalue weighted by Gasteiger charge is -2.34. The number of anilines is 1. The van der Waals surface area contributed by atoms with Crippen LogP contribution in [0.15, 0.2) is 34.1 Å². The summed E-state index contributed by atoms with van der Waals surface area (Å²) in [5.74, 6) is -0.184. The van der Waals surface area contributed by atoms with E-state index in [1.165, 1.54) is 6.20 Å². The molecular weight excluding hydrogens is 497 g/mol. The Morgan fingerprint density at radius 3 is 2.71 bits per heavy atom. The molecule has 0 radical (unpaired) electrons. The lowest BCUT2D eigenvalue weighted by atomic mass is 9.98. The van der Waals surface area contributed by atoms with E-state index in [9.17, 15) is 14.4 Å². The minimum Gasteiger partial charge on any atom is -0.343 e. The van der Waals surface area contributed by atoms with Crippen LogP contribution in [-0.4, -0.2) is 57.0 Å². The number of aromatic nitrogens is 2. The van der Waals surface area contributed by atoms with E-state index in [1.807, 2.05) is 43.9 Å². The van der Waals surface area contributed by atoms with Gasteiger partial charge < -0.3 is 10.2 Å². The number of hydrogen-bond donors (Lipinski definition) is 1. The average molecular weight is 526 g/mol. The fourth-order valence-corrected chi connectivity index (χ4v) is 5.25. The summed E-state index contributed by atoms with van der Waals surface area (Å²) in [5.41, 5.74) is 1.06. The van der Waals surface area contributed by atoms with Gasteiger partial charge in [0.1, 0.15) is 11.6 Å². The molecule has 0 bridgehead atoms. The first-order chi connectivity index (χ1) is 16.2. The molecule has 0 saturated carbocycles. The van der Waals surface area contributed by atoms with Gasteiger partial charge in [-0.1, -0.05) is 29.3 Å². The quantitative estimate of drug-likeness (QED) is 0.522. The summed E-state index contributed by atoms with van der Waals surface area (Å²) in [7, 11) is 0.